The molecule has 0 bridgehead atoms. The van der Waals surface area contributed by atoms with Crippen LogP contribution in [0.4, 0.5) is 0 Å². The van der Waals surface area contributed by atoms with E-state index in [4.69, 9.17) is 0 Å². The first-order valence-electron chi connectivity index (χ1n) is 6.41. The van der Waals surface area contributed by atoms with Crippen molar-refractivity contribution in [2.45, 2.75) is 37.6 Å². The van der Waals surface area contributed by atoms with E-state index in [1.807, 2.05) is 0 Å². The topological polar surface area (TPSA) is 102 Å². The summed E-state index contributed by atoms with van der Waals surface area (Å²) in [7, 11) is 0. The predicted octanol–water partition coefficient (Wildman–Crippen LogP) is 0.505. The molecule has 104 valence electrons. The molecule has 1 heterocycles. The molecule has 0 spiro atoms. The Kier molecular flexibility index (Phi) is 3.90. The number of nitrogens with one attached hydrogen (secondary N) is 2. The van der Waals surface area contributed by atoms with E-state index in [-0.39, 0.29) is 18.1 Å². The van der Waals surface area contributed by atoms with E-state index in [2.05, 4.69) is 10.3 Å². The van der Waals surface area contributed by atoms with Gasteiger partial charge in [0.1, 0.15) is 0 Å². The summed E-state index contributed by atoms with van der Waals surface area (Å²) in [5.41, 5.74) is -1.04. The molecule has 0 saturated heterocycles. The Bertz CT molecular complexity index is 518. The van der Waals surface area contributed by atoms with E-state index in [9.17, 15) is 19.8 Å². The maximum absolute atomic E-state index is 12.1. The van der Waals surface area contributed by atoms with Gasteiger partial charge in [-0.15, -0.1) is 0 Å². The van der Waals surface area contributed by atoms with Crippen LogP contribution in [0.5, 0.6) is 5.88 Å². The molecule has 1 aliphatic rings. The van der Waals surface area contributed by atoms with Crippen LogP contribution in [0, 0.1) is 0 Å². The van der Waals surface area contributed by atoms with E-state index in [1.54, 1.807) is 0 Å². The Morgan fingerprint density at radius 1 is 1.32 bits per heavy atom. The number of hydrogen-bond donors (Lipinski definition) is 4. The van der Waals surface area contributed by atoms with Gasteiger partial charge in [-0.05, 0) is 12.8 Å². The molecule has 1 saturated carbocycles. The van der Waals surface area contributed by atoms with Crippen molar-refractivity contribution in [3.8, 4) is 5.88 Å². The van der Waals surface area contributed by atoms with E-state index >= 15 is 0 Å². The van der Waals surface area contributed by atoms with E-state index in [0.29, 0.717) is 0 Å². The van der Waals surface area contributed by atoms with Crippen molar-refractivity contribution in [1.82, 2.24) is 10.3 Å². The summed E-state index contributed by atoms with van der Waals surface area (Å²) in [5, 5.41) is 21.6. The third-order valence-corrected chi connectivity index (χ3v) is 3.58. The molecule has 19 heavy (non-hydrogen) atoms. The van der Waals surface area contributed by atoms with Crippen molar-refractivity contribution >= 4 is 5.91 Å². The van der Waals surface area contributed by atoms with Crippen molar-refractivity contribution in [2.75, 3.05) is 6.61 Å². The average Bonchev–Trinajstić information content (AvgIpc) is 2.38. The van der Waals surface area contributed by atoms with Crippen LogP contribution in [-0.2, 0) is 0 Å². The van der Waals surface area contributed by atoms with Gasteiger partial charge in [0.05, 0.1) is 17.7 Å². The van der Waals surface area contributed by atoms with Crippen molar-refractivity contribution < 1.29 is 15.0 Å². The third kappa shape index (κ3) is 3.14. The van der Waals surface area contributed by atoms with Crippen LogP contribution in [0.3, 0.4) is 0 Å². The van der Waals surface area contributed by atoms with Gasteiger partial charge in [0.15, 0.2) is 5.88 Å². The summed E-state index contributed by atoms with van der Waals surface area (Å²) in [6.07, 6.45) is 4.47. The number of pyridine rings is 1. The Morgan fingerprint density at radius 2 is 2.00 bits per heavy atom. The number of hydrogen-bond acceptors (Lipinski definition) is 4. The van der Waals surface area contributed by atoms with Crippen molar-refractivity contribution in [3.05, 3.63) is 28.0 Å². The molecule has 1 fully saturated rings. The Balaban J connectivity index is 2.17. The van der Waals surface area contributed by atoms with Crippen LogP contribution < -0.4 is 10.9 Å². The molecule has 6 nitrogen and oxygen atoms in total. The van der Waals surface area contributed by atoms with Crippen LogP contribution >= 0.6 is 0 Å². The van der Waals surface area contributed by atoms with Crippen LogP contribution in [0.1, 0.15) is 42.5 Å². The quantitative estimate of drug-likeness (QED) is 0.640. The van der Waals surface area contributed by atoms with Crippen molar-refractivity contribution in [2.24, 2.45) is 0 Å². The second-order valence-corrected chi connectivity index (χ2v) is 5.07. The molecule has 1 aliphatic carbocycles. The maximum atomic E-state index is 12.1. The number of aliphatic hydroxyl groups excluding tert-OH is 1. The second-order valence-electron chi connectivity index (χ2n) is 5.07. The zero-order chi connectivity index (χ0) is 13.9. The van der Waals surface area contributed by atoms with Crippen LogP contribution in [0.15, 0.2) is 16.9 Å². The lowest BCUT2D eigenvalue weighted by atomic mass is 9.82. The van der Waals surface area contributed by atoms with Gasteiger partial charge in [-0.25, -0.2) is 0 Å². The highest BCUT2D eigenvalue weighted by molar-refractivity contribution is 5.94. The van der Waals surface area contributed by atoms with Crippen molar-refractivity contribution in [1.29, 1.82) is 0 Å². The number of aromatic hydroxyl groups is 1. The van der Waals surface area contributed by atoms with Gasteiger partial charge >= 0.3 is 0 Å². The normalized spacial score (nSPS) is 17.9. The zero-order valence-electron chi connectivity index (χ0n) is 10.6. The molecule has 0 unspecified atom stereocenters. The highest BCUT2D eigenvalue weighted by Crippen LogP contribution is 2.28. The second kappa shape index (κ2) is 5.44. The first kappa shape index (κ1) is 13.6. The number of carbonyl (C=O) groups excluding carboxylic acids is 1. The molecule has 0 aliphatic heterocycles. The number of H-pyrrole nitrogens is 1. The third-order valence-electron chi connectivity index (χ3n) is 3.58. The predicted molar refractivity (Wildman–Crippen MR) is 69.1 cm³/mol. The van der Waals surface area contributed by atoms with Gasteiger partial charge in [-0.2, -0.15) is 0 Å². The average molecular weight is 266 g/mol. The molecular weight excluding hydrogens is 248 g/mol. The largest absolute Gasteiger partial charge is 0.494 e. The van der Waals surface area contributed by atoms with Gasteiger partial charge in [-0.3, -0.25) is 14.6 Å². The standard InChI is InChI=1S/C13H18N2O4/c16-8-13(4-2-1-3-5-13)15-12(19)9-6-10(17)14-11(18)7-9/h6-7,16H,1-5,8H2,(H,15,19)(H2,14,17,18). The Hall–Kier alpha value is -1.82. The maximum Gasteiger partial charge on any atom is 0.252 e. The molecule has 6 heteroatoms. The van der Waals surface area contributed by atoms with E-state index in [0.717, 1.165) is 38.2 Å². The lowest BCUT2D eigenvalue weighted by Crippen LogP contribution is -2.52. The zero-order valence-corrected chi connectivity index (χ0v) is 10.6. The molecule has 4 N–H and O–H groups in total. The number of rotatable bonds is 3. The van der Waals surface area contributed by atoms with Gasteiger partial charge in [0.2, 0.25) is 0 Å². The summed E-state index contributed by atoms with van der Waals surface area (Å²) in [6, 6.07) is 2.33. The number of carbonyl (C=O) groups is 1. The minimum absolute atomic E-state index is 0.0969. The van der Waals surface area contributed by atoms with Gasteiger partial charge in [0, 0.05) is 12.1 Å². The number of aromatic amines is 1. The minimum atomic E-state index is -0.604. The summed E-state index contributed by atoms with van der Waals surface area (Å²) < 4.78 is 0. The Morgan fingerprint density at radius 3 is 2.58 bits per heavy atom. The van der Waals surface area contributed by atoms with Crippen LogP contribution in [0.2, 0.25) is 0 Å². The van der Waals surface area contributed by atoms with Crippen LogP contribution in [-0.4, -0.2) is 33.3 Å². The highest BCUT2D eigenvalue weighted by atomic mass is 16.3. The summed E-state index contributed by atoms with van der Waals surface area (Å²) in [6.45, 7) is -0.117. The highest BCUT2D eigenvalue weighted by Gasteiger charge is 2.33. The molecule has 0 aromatic carbocycles. The molecule has 0 radical (unpaired) electrons. The van der Waals surface area contributed by atoms with Gasteiger partial charge < -0.3 is 15.5 Å². The molecule has 0 atom stereocenters. The first-order valence-corrected chi connectivity index (χ1v) is 6.41. The van der Waals surface area contributed by atoms with E-state index < -0.39 is 17.0 Å². The van der Waals surface area contributed by atoms with Crippen LogP contribution in [0.25, 0.3) is 0 Å². The summed E-state index contributed by atoms with van der Waals surface area (Å²) in [4.78, 5) is 25.5. The monoisotopic (exact) mass is 266 g/mol. The SMILES string of the molecule is O=C(NC1(CO)CCCCC1)c1cc(O)[nH]c(=O)c1. The fourth-order valence-electron chi connectivity index (χ4n) is 2.52. The first-order chi connectivity index (χ1) is 9.04. The number of aliphatic hydroxyl groups is 1. The Labute approximate surface area is 110 Å². The molecule has 1 aromatic rings. The summed E-state index contributed by atoms with van der Waals surface area (Å²) in [5.74, 6) is -0.795. The molecule has 1 aromatic heterocycles. The van der Waals surface area contributed by atoms with Gasteiger partial charge in [0.25, 0.3) is 11.5 Å². The smallest absolute Gasteiger partial charge is 0.252 e. The number of amides is 1. The minimum Gasteiger partial charge on any atom is -0.494 e. The molecular formula is C13H18N2O4. The fourth-order valence-corrected chi connectivity index (χ4v) is 2.52. The number of aromatic nitrogens is 1. The lowest BCUT2D eigenvalue weighted by molar-refractivity contribution is 0.0758. The summed E-state index contributed by atoms with van der Waals surface area (Å²) >= 11 is 0. The fraction of sp³-hybridized carbons (Fsp3) is 0.538. The van der Waals surface area contributed by atoms with E-state index in [1.165, 1.54) is 6.07 Å². The van der Waals surface area contributed by atoms with Gasteiger partial charge in [-0.1, -0.05) is 19.3 Å². The lowest BCUT2D eigenvalue weighted by Gasteiger charge is -2.36. The van der Waals surface area contributed by atoms with Crippen molar-refractivity contribution in [3.63, 3.8) is 0 Å². The molecule has 2 rings (SSSR count). The molecule has 1 amide bonds.